The minimum Gasteiger partial charge on any atom is -0.346 e. The van der Waals surface area contributed by atoms with Crippen LogP contribution < -0.4 is 4.90 Å². The first-order valence-corrected chi connectivity index (χ1v) is 11.6. The lowest BCUT2D eigenvalue weighted by Crippen LogP contribution is -2.34. The van der Waals surface area contributed by atoms with Gasteiger partial charge in [0.2, 0.25) is 11.4 Å². The van der Waals surface area contributed by atoms with Gasteiger partial charge in [-0.1, -0.05) is 41.4 Å². The number of benzene rings is 2. The highest BCUT2D eigenvalue weighted by molar-refractivity contribution is 14.1. The summed E-state index contributed by atoms with van der Waals surface area (Å²) in [6.07, 6.45) is 0. The van der Waals surface area contributed by atoms with Crippen molar-refractivity contribution in [2.24, 2.45) is 0 Å². The van der Waals surface area contributed by atoms with Gasteiger partial charge in [0.25, 0.3) is 0 Å². The maximum absolute atomic E-state index is 7.26. The van der Waals surface area contributed by atoms with E-state index < -0.39 is 0 Å². The van der Waals surface area contributed by atoms with Gasteiger partial charge in [0.1, 0.15) is 12.1 Å². The average Bonchev–Trinajstić information content (AvgIpc) is 2.92. The third-order valence-corrected chi connectivity index (χ3v) is 7.78. The highest BCUT2D eigenvalue weighted by Gasteiger charge is 2.50. The highest BCUT2D eigenvalue weighted by Crippen LogP contribution is 2.51. The zero-order valence-corrected chi connectivity index (χ0v) is 21.5. The van der Waals surface area contributed by atoms with Crippen LogP contribution >= 0.6 is 50.1 Å². The predicted molar refractivity (Wildman–Crippen MR) is 131 cm³/mol. The lowest BCUT2D eigenvalue weighted by atomic mass is 9.78. The van der Waals surface area contributed by atoms with Gasteiger partial charge in [-0.05, 0) is 72.3 Å². The second-order valence-corrected chi connectivity index (χ2v) is 11.2. The molecule has 0 saturated heterocycles. The van der Waals surface area contributed by atoms with Gasteiger partial charge in [-0.25, -0.2) is 0 Å². The Labute approximate surface area is 194 Å². The van der Waals surface area contributed by atoms with Crippen LogP contribution in [0.1, 0.15) is 38.8 Å². The van der Waals surface area contributed by atoms with Crippen LogP contribution in [0.25, 0.3) is 0 Å². The zero-order valence-electron chi connectivity index (χ0n) is 17.0. The highest BCUT2D eigenvalue weighted by atomic mass is 127. The van der Waals surface area contributed by atoms with E-state index in [0.29, 0.717) is 0 Å². The van der Waals surface area contributed by atoms with Gasteiger partial charge in [-0.2, -0.15) is 4.58 Å². The summed E-state index contributed by atoms with van der Waals surface area (Å²) in [6, 6.07) is 13.1. The molecule has 2 aliphatic rings. The van der Waals surface area contributed by atoms with Crippen molar-refractivity contribution in [3.05, 3.63) is 66.3 Å². The lowest BCUT2D eigenvalue weighted by Gasteiger charge is -2.27. The first-order valence-electron chi connectivity index (χ1n) is 9.33. The van der Waals surface area contributed by atoms with E-state index in [2.05, 4.69) is 126 Å². The molecule has 0 bridgehead atoms. The molecule has 2 nitrogen and oxygen atoms in total. The van der Waals surface area contributed by atoms with Crippen LogP contribution in [-0.4, -0.2) is 24.4 Å². The molecule has 2 aromatic carbocycles. The molecule has 0 unspecified atom stereocenters. The fourth-order valence-electron chi connectivity index (χ4n) is 4.89. The van der Waals surface area contributed by atoms with Gasteiger partial charge in [0, 0.05) is 37.8 Å². The number of nitrogens with zero attached hydrogens (tertiary/aromatic N) is 2. The molecule has 0 spiro atoms. The molecule has 0 amide bonds. The van der Waals surface area contributed by atoms with Crippen LogP contribution in [0.3, 0.4) is 0 Å². The summed E-state index contributed by atoms with van der Waals surface area (Å²) in [6.45, 7) is 9.07. The largest absolute Gasteiger partial charge is 0.346 e. The Morgan fingerprint density at radius 3 is 2.39 bits per heavy atom. The normalized spacial score (nSPS) is 21.1. The smallest absolute Gasteiger partial charge is 0.212 e. The molecular weight excluding hydrogens is 547 g/mol. The fraction of sp³-hybridized carbons (Fsp3) is 0.348. The van der Waals surface area contributed by atoms with Gasteiger partial charge in [0.05, 0.1) is 11.1 Å². The molecule has 0 saturated carbocycles. The number of likely N-dealkylation sites (N-methyl/N-ethyl adjacent to an activating group) is 1. The molecule has 0 aromatic heterocycles. The molecule has 0 atom stereocenters. The quantitative estimate of drug-likeness (QED) is 0.266. The van der Waals surface area contributed by atoms with Crippen LogP contribution in [-0.2, 0) is 10.8 Å². The number of hydrogen-bond donors (Lipinski definition) is 0. The first kappa shape index (κ1) is 20.4. The maximum atomic E-state index is 7.26. The monoisotopic (exact) mass is 569 g/mol. The summed E-state index contributed by atoms with van der Waals surface area (Å²) in [5, 5.41) is 0.846. The molecule has 146 valence electrons. The summed E-state index contributed by atoms with van der Waals surface area (Å²) in [7, 11) is 4.25. The number of halogens is 3. The van der Waals surface area contributed by atoms with Crippen LogP contribution in [0, 0.1) is 3.57 Å². The van der Waals surface area contributed by atoms with Crippen molar-refractivity contribution in [1.82, 2.24) is 0 Å². The second kappa shape index (κ2) is 6.58. The van der Waals surface area contributed by atoms with Gasteiger partial charge in [0.15, 0.2) is 0 Å². The molecule has 5 heteroatoms. The third-order valence-electron chi connectivity index (χ3n) is 6.26. The molecule has 0 fully saturated rings. The third kappa shape index (κ3) is 2.74. The molecule has 4 rings (SSSR count). The van der Waals surface area contributed by atoms with Crippen molar-refractivity contribution in [1.29, 1.82) is 0 Å². The average molecular weight is 571 g/mol. The molecule has 2 aliphatic heterocycles. The molecule has 0 radical (unpaired) electrons. The number of hydrogen-bond acceptors (Lipinski definition) is 1. The minimum absolute atomic E-state index is 0.165. The fourth-order valence-corrected chi connectivity index (χ4v) is 6.47. The number of fused-ring (bicyclic) bond motifs is 2. The number of allylic oxidation sites excluding steroid dienone is 2. The minimum atomic E-state index is -0.182. The van der Waals surface area contributed by atoms with Crippen molar-refractivity contribution in [3.63, 3.8) is 0 Å². The van der Waals surface area contributed by atoms with Crippen molar-refractivity contribution < 1.29 is 4.58 Å². The van der Waals surface area contributed by atoms with Gasteiger partial charge in [-0.3, -0.25) is 0 Å². The van der Waals surface area contributed by atoms with Crippen molar-refractivity contribution >= 4 is 67.2 Å². The van der Waals surface area contributed by atoms with E-state index in [9.17, 15) is 0 Å². The van der Waals surface area contributed by atoms with E-state index in [1.54, 1.807) is 0 Å². The van der Waals surface area contributed by atoms with Gasteiger partial charge < -0.3 is 4.90 Å². The Bertz CT molecular complexity index is 1080. The SMILES string of the molecule is CN1/C(=C(/Cl)C2=[N+](C)c3ccc(I)cc3C2(C)C)C(C)(C)c2cc(Br)ccc21. The standard InChI is InChI=1S/C23H24BrClIN2/c1-22(2)15-11-13(24)7-9-17(15)27(5)20(22)19(25)21-23(3,4)16-12-14(26)8-10-18(16)28(21)6/h7-12H,1-6H3/q+1. The second-order valence-electron chi connectivity index (χ2n) is 8.70. The lowest BCUT2D eigenvalue weighted by molar-refractivity contribution is -0.401. The number of anilines is 1. The summed E-state index contributed by atoms with van der Waals surface area (Å²) in [4.78, 5) is 2.26. The number of rotatable bonds is 1. The summed E-state index contributed by atoms with van der Waals surface area (Å²) in [5.74, 6) is 0. The van der Waals surface area contributed by atoms with Gasteiger partial charge in [-0.15, -0.1) is 0 Å². The first-order chi connectivity index (χ1) is 13.0. The Kier molecular flexibility index (Phi) is 4.80. The Morgan fingerprint density at radius 2 is 1.71 bits per heavy atom. The summed E-state index contributed by atoms with van der Waals surface area (Å²) in [5.41, 5.74) is 7.04. The van der Waals surface area contributed by atoms with Gasteiger partial charge >= 0.3 is 0 Å². The van der Waals surface area contributed by atoms with E-state index in [-0.39, 0.29) is 10.8 Å². The van der Waals surface area contributed by atoms with E-state index in [1.807, 2.05) is 0 Å². The van der Waals surface area contributed by atoms with Crippen molar-refractivity contribution in [2.75, 3.05) is 19.0 Å². The Balaban J connectivity index is 1.96. The van der Waals surface area contributed by atoms with Crippen LogP contribution in [0.15, 0.2) is 51.6 Å². The van der Waals surface area contributed by atoms with Crippen molar-refractivity contribution in [2.45, 2.75) is 38.5 Å². The molecule has 0 N–H and O–H groups in total. The van der Waals surface area contributed by atoms with E-state index in [1.165, 1.54) is 26.1 Å². The van der Waals surface area contributed by atoms with Crippen LogP contribution in [0.2, 0.25) is 0 Å². The summed E-state index contributed by atoms with van der Waals surface area (Å²) >= 11 is 13.3. The maximum Gasteiger partial charge on any atom is 0.212 e. The molecule has 2 heterocycles. The van der Waals surface area contributed by atoms with E-state index >= 15 is 0 Å². The van der Waals surface area contributed by atoms with Crippen molar-refractivity contribution in [3.8, 4) is 0 Å². The predicted octanol–water partition coefficient (Wildman–Crippen LogP) is 6.94. The van der Waals surface area contributed by atoms with E-state index in [0.717, 1.165) is 20.9 Å². The van der Waals surface area contributed by atoms with Crippen LogP contribution in [0.4, 0.5) is 11.4 Å². The molecule has 0 aliphatic carbocycles. The zero-order chi connectivity index (χ0) is 20.6. The van der Waals surface area contributed by atoms with Crippen LogP contribution in [0.5, 0.6) is 0 Å². The topological polar surface area (TPSA) is 6.25 Å². The van der Waals surface area contributed by atoms with E-state index in [4.69, 9.17) is 11.6 Å². The molecule has 2 aromatic rings. The summed E-state index contributed by atoms with van der Waals surface area (Å²) < 4.78 is 4.61. The molecular formula is C23H24BrClIN2+. The Morgan fingerprint density at radius 1 is 1.04 bits per heavy atom. The molecule has 28 heavy (non-hydrogen) atoms. The Hall–Kier alpha value is -0.850.